The lowest BCUT2D eigenvalue weighted by molar-refractivity contribution is -0.0498. The van der Waals surface area contributed by atoms with Crippen molar-refractivity contribution in [2.24, 2.45) is 5.92 Å². The molecule has 0 unspecified atom stereocenters. The van der Waals surface area contributed by atoms with E-state index < -0.39 is 6.61 Å². The Morgan fingerprint density at radius 3 is 2.71 bits per heavy atom. The fourth-order valence-electron chi connectivity index (χ4n) is 2.50. The zero-order valence-corrected chi connectivity index (χ0v) is 11.6. The fraction of sp³-hybridized carbons (Fsp3) is 0.533. The zero-order chi connectivity index (χ0) is 15.2. The van der Waals surface area contributed by atoms with Gasteiger partial charge < -0.3 is 15.2 Å². The summed E-state index contributed by atoms with van der Waals surface area (Å²) in [6.07, 6.45) is 3.07. The molecule has 1 aromatic carbocycles. The molecule has 1 saturated carbocycles. The van der Waals surface area contributed by atoms with Crippen LogP contribution in [-0.2, 0) is 0 Å². The van der Waals surface area contributed by atoms with Crippen LogP contribution in [0.5, 0.6) is 5.75 Å². The molecule has 0 spiro atoms. The van der Waals surface area contributed by atoms with Gasteiger partial charge in [0.15, 0.2) is 0 Å². The minimum absolute atomic E-state index is 0.0292. The third-order valence-corrected chi connectivity index (χ3v) is 3.69. The number of alkyl halides is 2. The number of carbonyl (C=O) groups is 1. The summed E-state index contributed by atoms with van der Waals surface area (Å²) in [6, 6.07) is 5.74. The molecule has 2 N–H and O–H groups in total. The van der Waals surface area contributed by atoms with Crippen LogP contribution in [0.3, 0.4) is 0 Å². The van der Waals surface area contributed by atoms with E-state index in [1.807, 2.05) is 0 Å². The van der Waals surface area contributed by atoms with Gasteiger partial charge in [0, 0.05) is 12.1 Å². The summed E-state index contributed by atoms with van der Waals surface area (Å²) < 4.78 is 28.5. The molecule has 2 rings (SSSR count). The average Bonchev–Trinajstić information content (AvgIpc) is 2.46. The van der Waals surface area contributed by atoms with Gasteiger partial charge in [0.05, 0.1) is 6.10 Å². The van der Waals surface area contributed by atoms with Gasteiger partial charge in [-0.25, -0.2) is 0 Å². The van der Waals surface area contributed by atoms with Gasteiger partial charge in [0.1, 0.15) is 5.75 Å². The summed E-state index contributed by atoms with van der Waals surface area (Å²) in [5.41, 5.74) is 0.295. The standard InChI is InChI=1S/C15H19F2NO3/c16-15(17)21-13-3-1-2-11(8-13)14(20)18-9-10-4-6-12(19)7-5-10/h1-3,8,10,12,15,19H,4-7,9H2,(H,18,20). The third kappa shape index (κ3) is 4.97. The minimum Gasteiger partial charge on any atom is -0.435 e. The summed E-state index contributed by atoms with van der Waals surface area (Å²) in [5, 5.41) is 12.2. The van der Waals surface area contributed by atoms with E-state index >= 15 is 0 Å². The van der Waals surface area contributed by atoms with Crippen LogP contribution in [0.2, 0.25) is 0 Å². The maximum atomic E-state index is 12.1. The second-order valence-electron chi connectivity index (χ2n) is 5.29. The first kappa shape index (κ1) is 15.7. The van der Waals surface area contributed by atoms with Crippen LogP contribution in [-0.4, -0.2) is 30.3 Å². The number of benzene rings is 1. The molecule has 0 aliphatic heterocycles. The van der Waals surface area contributed by atoms with Crippen molar-refractivity contribution in [3.8, 4) is 5.75 Å². The van der Waals surface area contributed by atoms with E-state index in [0.29, 0.717) is 18.0 Å². The predicted octanol–water partition coefficient (Wildman–Crippen LogP) is 2.57. The van der Waals surface area contributed by atoms with E-state index in [0.717, 1.165) is 25.7 Å². The minimum atomic E-state index is -2.91. The van der Waals surface area contributed by atoms with E-state index in [-0.39, 0.29) is 17.8 Å². The van der Waals surface area contributed by atoms with Crippen LogP contribution < -0.4 is 10.1 Å². The predicted molar refractivity (Wildman–Crippen MR) is 73.4 cm³/mol. The van der Waals surface area contributed by atoms with Gasteiger partial charge >= 0.3 is 6.61 Å². The van der Waals surface area contributed by atoms with E-state index in [4.69, 9.17) is 0 Å². The largest absolute Gasteiger partial charge is 0.435 e. The van der Waals surface area contributed by atoms with Crippen molar-refractivity contribution in [3.63, 3.8) is 0 Å². The van der Waals surface area contributed by atoms with Gasteiger partial charge in [0.25, 0.3) is 5.91 Å². The van der Waals surface area contributed by atoms with Crippen LogP contribution in [0.15, 0.2) is 24.3 Å². The maximum Gasteiger partial charge on any atom is 0.387 e. The van der Waals surface area contributed by atoms with Gasteiger partial charge in [-0.1, -0.05) is 6.07 Å². The number of ether oxygens (including phenoxy) is 1. The molecule has 1 aliphatic carbocycles. The summed E-state index contributed by atoms with van der Waals surface area (Å²) in [7, 11) is 0. The number of rotatable bonds is 5. The Hall–Kier alpha value is -1.69. The lowest BCUT2D eigenvalue weighted by Gasteiger charge is -2.25. The first-order valence-electron chi connectivity index (χ1n) is 7.05. The number of carbonyl (C=O) groups excluding carboxylic acids is 1. The Kier molecular flexibility index (Phi) is 5.50. The Morgan fingerprint density at radius 2 is 2.05 bits per heavy atom. The summed E-state index contributed by atoms with van der Waals surface area (Å²) >= 11 is 0. The van der Waals surface area contributed by atoms with Crippen molar-refractivity contribution < 1.29 is 23.4 Å². The zero-order valence-electron chi connectivity index (χ0n) is 11.6. The first-order valence-corrected chi connectivity index (χ1v) is 7.05. The SMILES string of the molecule is O=C(NCC1CCC(O)CC1)c1cccc(OC(F)F)c1. The second kappa shape index (κ2) is 7.36. The van der Waals surface area contributed by atoms with E-state index in [1.165, 1.54) is 18.2 Å². The van der Waals surface area contributed by atoms with Crippen LogP contribution >= 0.6 is 0 Å². The van der Waals surface area contributed by atoms with Crippen molar-refractivity contribution in [2.45, 2.75) is 38.4 Å². The summed E-state index contributed by atoms with van der Waals surface area (Å²) in [5.74, 6) is 0.0251. The molecule has 21 heavy (non-hydrogen) atoms. The highest BCUT2D eigenvalue weighted by molar-refractivity contribution is 5.94. The monoisotopic (exact) mass is 299 g/mol. The molecular weight excluding hydrogens is 280 g/mol. The van der Waals surface area contributed by atoms with Crippen LogP contribution in [0.4, 0.5) is 8.78 Å². The van der Waals surface area contributed by atoms with Crippen LogP contribution in [0, 0.1) is 5.92 Å². The second-order valence-corrected chi connectivity index (χ2v) is 5.29. The number of amides is 1. The Balaban J connectivity index is 1.85. The van der Waals surface area contributed by atoms with Crippen LogP contribution in [0.1, 0.15) is 36.0 Å². The number of hydrogen-bond acceptors (Lipinski definition) is 3. The first-order chi connectivity index (χ1) is 10.0. The van der Waals surface area contributed by atoms with Crippen LogP contribution in [0.25, 0.3) is 0 Å². The highest BCUT2D eigenvalue weighted by atomic mass is 19.3. The molecule has 0 aromatic heterocycles. The molecule has 0 bridgehead atoms. The van der Waals surface area contributed by atoms with Crippen molar-refractivity contribution in [2.75, 3.05) is 6.54 Å². The highest BCUT2D eigenvalue weighted by Crippen LogP contribution is 2.23. The van der Waals surface area contributed by atoms with Gasteiger partial charge in [-0.3, -0.25) is 4.79 Å². The topological polar surface area (TPSA) is 58.6 Å². The Morgan fingerprint density at radius 1 is 1.33 bits per heavy atom. The van der Waals surface area contributed by atoms with Gasteiger partial charge in [-0.15, -0.1) is 0 Å². The summed E-state index contributed by atoms with van der Waals surface area (Å²) in [4.78, 5) is 12.0. The molecule has 1 fully saturated rings. The molecule has 0 radical (unpaired) electrons. The average molecular weight is 299 g/mol. The molecule has 1 aromatic rings. The molecule has 1 amide bonds. The lowest BCUT2D eigenvalue weighted by Crippen LogP contribution is -2.32. The number of nitrogens with one attached hydrogen (secondary N) is 1. The molecule has 0 heterocycles. The van der Waals surface area contributed by atoms with Crippen molar-refractivity contribution in [1.29, 1.82) is 0 Å². The van der Waals surface area contributed by atoms with Gasteiger partial charge in [0.2, 0.25) is 0 Å². The van der Waals surface area contributed by atoms with Gasteiger partial charge in [-0.05, 0) is 49.8 Å². The number of aliphatic hydroxyl groups excluding tert-OH is 1. The van der Waals surface area contributed by atoms with E-state index in [9.17, 15) is 18.7 Å². The third-order valence-electron chi connectivity index (χ3n) is 3.69. The lowest BCUT2D eigenvalue weighted by atomic mass is 9.87. The molecule has 116 valence electrons. The molecule has 1 aliphatic rings. The molecule has 0 atom stereocenters. The molecule has 0 saturated heterocycles. The van der Waals surface area contributed by atoms with Crippen molar-refractivity contribution in [3.05, 3.63) is 29.8 Å². The smallest absolute Gasteiger partial charge is 0.387 e. The quantitative estimate of drug-likeness (QED) is 0.878. The normalized spacial score (nSPS) is 22.1. The van der Waals surface area contributed by atoms with Crippen molar-refractivity contribution in [1.82, 2.24) is 5.32 Å². The number of hydrogen-bond donors (Lipinski definition) is 2. The van der Waals surface area contributed by atoms with E-state index in [2.05, 4.69) is 10.1 Å². The van der Waals surface area contributed by atoms with Gasteiger partial charge in [-0.2, -0.15) is 8.78 Å². The summed E-state index contributed by atoms with van der Waals surface area (Å²) in [6.45, 7) is -2.37. The fourth-order valence-corrected chi connectivity index (χ4v) is 2.50. The highest BCUT2D eigenvalue weighted by Gasteiger charge is 2.20. The van der Waals surface area contributed by atoms with Crippen molar-refractivity contribution >= 4 is 5.91 Å². The molecule has 6 heteroatoms. The molecule has 4 nitrogen and oxygen atoms in total. The Bertz CT molecular complexity index is 474. The maximum absolute atomic E-state index is 12.1. The number of aliphatic hydroxyl groups is 1. The number of halogens is 2. The molecular formula is C15H19F2NO3. The Labute approximate surface area is 122 Å². The van der Waals surface area contributed by atoms with E-state index in [1.54, 1.807) is 6.07 Å².